The van der Waals surface area contributed by atoms with Crippen LogP contribution in [-0.4, -0.2) is 18.1 Å². The van der Waals surface area contributed by atoms with Gasteiger partial charge in [0.25, 0.3) is 0 Å². The van der Waals surface area contributed by atoms with Crippen molar-refractivity contribution in [3.05, 3.63) is 0 Å². The van der Waals surface area contributed by atoms with Gasteiger partial charge in [0, 0.05) is 0 Å². The van der Waals surface area contributed by atoms with Crippen molar-refractivity contribution in [3.8, 4) is 0 Å². The minimum Gasteiger partial charge on any atom is -0.302 e. The molecule has 0 fully saturated rings. The summed E-state index contributed by atoms with van der Waals surface area (Å²) in [5, 5.41) is 0. The molecule has 1 unspecified atom stereocenters. The Balaban J connectivity index is 3.30. The van der Waals surface area contributed by atoms with Gasteiger partial charge in [0.2, 0.25) is 0 Å². The highest BCUT2D eigenvalue weighted by atomic mass is 31.2. The molecule has 0 radical (unpaired) electrons. The van der Waals surface area contributed by atoms with E-state index in [-0.39, 0.29) is 0 Å². The largest absolute Gasteiger partial charge is 0.472 e. The van der Waals surface area contributed by atoms with Crippen LogP contribution >= 0.6 is 7.82 Å². The number of rotatable bonds is 21. The summed E-state index contributed by atoms with van der Waals surface area (Å²) in [7, 11) is -3.83. The van der Waals surface area contributed by atoms with E-state index < -0.39 is 7.82 Å². The fourth-order valence-electron chi connectivity index (χ4n) is 3.05. The Hall–Kier alpha value is 0.110. The van der Waals surface area contributed by atoms with Crippen molar-refractivity contribution in [2.24, 2.45) is 0 Å². The summed E-state index contributed by atoms with van der Waals surface area (Å²) < 4.78 is 21.8. The molecule has 1 atom stereocenters. The predicted octanol–water partition coefficient (Wildman–Crippen LogP) is 7.79. The van der Waals surface area contributed by atoms with Crippen LogP contribution in [-0.2, 0) is 13.6 Å². The lowest BCUT2D eigenvalue weighted by atomic mass is 10.1. The molecule has 4 nitrogen and oxygen atoms in total. The molecule has 0 amide bonds. The zero-order chi connectivity index (χ0) is 19.3. The second-order valence-corrected chi connectivity index (χ2v) is 8.89. The van der Waals surface area contributed by atoms with Gasteiger partial charge in [-0.1, -0.05) is 110 Å². The third kappa shape index (κ3) is 20.4. The highest BCUT2D eigenvalue weighted by molar-refractivity contribution is 7.47. The predicted molar refractivity (Wildman–Crippen MR) is 112 cm³/mol. The first-order valence-corrected chi connectivity index (χ1v) is 12.7. The first-order chi connectivity index (χ1) is 12.6. The van der Waals surface area contributed by atoms with Gasteiger partial charge in [-0.2, -0.15) is 0 Å². The Morgan fingerprint density at radius 3 is 1.12 bits per heavy atom. The normalized spacial score (nSPS) is 13.8. The minimum absolute atomic E-state index is 0.318. The molecular weight excluding hydrogens is 347 g/mol. The maximum Gasteiger partial charge on any atom is 0.472 e. The molecule has 0 aromatic carbocycles. The van der Waals surface area contributed by atoms with Crippen LogP contribution in [0.4, 0.5) is 0 Å². The summed E-state index contributed by atoms with van der Waals surface area (Å²) >= 11 is 0. The van der Waals surface area contributed by atoms with Gasteiger partial charge in [-0.15, -0.1) is 0 Å². The lowest BCUT2D eigenvalue weighted by molar-refractivity contribution is 0.145. The molecule has 0 rings (SSSR count). The molecule has 0 aromatic rings. The smallest absolute Gasteiger partial charge is 0.302 e. The van der Waals surface area contributed by atoms with Crippen molar-refractivity contribution in [1.29, 1.82) is 0 Å². The second kappa shape index (κ2) is 19.9. The van der Waals surface area contributed by atoms with Crippen LogP contribution in [0.5, 0.6) is 0 Å². The van der Waals surface area contributed by atoms with Gasteiger partial charge >= 0.3 is 7.82 Å². The number of hydrogen-bond donors (Lipinski definition) is 1. The summed E-state index contributed by atoms with van der Waals surface area (Å²) in [5.41, 5.74) is 0. The van der Waals surface area contributed by atoms with Gasteiger partial charge in [-0.05, 0) is 12.8 Å². The third-order valence-electron chi connectivity index (χ3n) is 4.75. The van der Waals surface area contributed by atoms with E-state index in [0.29, 0.717) is 13.2 Å². The SMILES string of the molecule is CCCCCCCCCCCCCOP(=O)(O)OCCCCCCCC. The van der Waals surface area contributed by atoms with Crippen LogP contribution in [0, 0.1) is 0 Å². The maximum atomic E-state index is 11.7. The zero-order valence-electron chi connectivity index (χ0n) is 17.6. The highest BCUT2D eigenvalue weighted by Gasteiger charge is 2.19. The lowest BCUT2D eigenvalue weighted by Gasteiger charge is -2.12. The van der Waals surface area contributed by atoms with Crippen LogP contribution in [0.25, 0.3) is 0 Å². The molecule has 1 N–H and O–H groups in total. The van der Waals surface area contributed by atoms with E-state index in [9.17, 15) is 9.46 Å². The van der Waals surface area contributed by atoms with E-state index in [1.165, 1.54) is 83.5 Å². The number of unbranched alkanes of at least 4 members (excludes halogenated alkanes) is 15. The summed E-state index contributed by atoms with van der Waals surface area (Å²) in [6.45, 7) is 5.08. The Morgan fingerprint density at radius 1 is 0.538 bits per heavy atom. The Bertz CT molecular complexity index is 323. The average molecular weight is 393 g/mol. The quantitative estimate of drug-likeness (QED) is 0.160. The molecule has 0 bridgehead atoms. The topological polar surface area (TPSA) is 55.8 Å². The standard InChI is InChI=1S/C21H45O4P/c1-3-5-7-9-11-12-13-14-15-17-19-21-25-26(22,23)24-20-18-16-10-8-6-4-2/h3-21H2,1-2H3,(H,22,23). The molecule has 158 valence electrons. The van der Waals surface area contributed by atoms with Gasteiger partial charge in [0.05, 0.1) is 13.2 Å². The summed E-state index contributed by atoms with van der Waals surface area (Å²) in [4.78, 5) is 9.63. The molecule has 0 aliphatic heterocycles. The van der Waals surface area contributed by atoms with Gasteiger partial charge < -0.3 is 4.89 Å². The molecule has 26 heavy (non-hydrogen) atoms. The van der Waals surface area contributed by atoms with Gasteiger partial charge in [0.15, 0.2) is 0 Å². The third-order valence-corrected chi connectivity index (χ3v) is 5.77. The van der Waals surface area contributed by atoms with E-state index >= 15 is 0 Å². The Kier molecular flexibility index (Phi) is 19.9. The van der Waals surface area contributed by atoms with Crippen LogP contribution in [0.3, 0.4) is 0 Å². The molecule has 0 saturated heterocycles. The van der Waals surface area contributed by atoms with Gasteiger partial charge in [-0.3, -0.25) is 9.05 Å². The van der Waals surface area contributed by atoms with Crippen LogP contribution in [0.15, 0.2) is 0 Å². The molecule has 0 spiro atoms. The molecule has 0 saturated carbocycles. The van der Waals surface area contributed by atoms with E-state index in [0.717, 1.165) is 25.7 Å². The summed E-state index contributed by atoms with van der Waals surface area (Å²) in [6.07, 6.45) is 20.6. The fraction of sp³-hybridized carbons (Fsp3) is 1.00. The summed E-state index contributed by atoms with van der Waals surface area (Å²) in [5.74, 6) is 0. The average Bonchev–Trinajstić information content (AvgIpc) is 2.62. The lowest BCUT2D eigenvalue weighted by Crippen LogP contribution is -1.99. The molecule has 0 heterocycles. The second-order valence-electron chi connectivity index (χ2n) is 7.44. The van der Waals surface area contributed by atoms with E-state index in [1.807, 2.05) is 0 Å². The van der Waals surface area contributed by atoms with Crippen molar-refractivity contribution < 1.29 is 18.5 Å². The molecule has 0 aliphatic carbocycles. The van der Waals surface area contributed by atoms with Crippen LogP contribution in [0.2, 0.25) is 0 Å². The van der Waals surface area contributed by atoms with Gasteiger partial charge in [0.1, 0.15) is 0 Å². The van der Waals surface area contributed by atoms with Crippen molar-refractivity contribution in [3.63, 3.8) is 0 Å². The molecule has 5 heteroatoms. The van der Waals surface area contributed by atoms with Crippen molar-refractivity contribution in [2.45, 2.75) is 123 Å². The number of phosphoric acid groups is 1. The van der Waals surface area contributed by atoms with Crippen molar-refractivity contribution in [2.75, 3.05) is 13.2 Å². The number of hydrogen-bond acceptors (Lipinski definition) is 3. The Morgan fingerprint density at radius 2 is 0.808 bits per heavy atom. The zero-order valence-corrected chi connectivity index (χ0v) is 18.4. The number of phosphoric ester groups is 1. The summed E-state index contributed by atoms with van der Waals surface area (Å²) in [6, 6.07) is 0. The van der Waals surface area contributed by atoms with Crippen molar-refractivity contribution in [1.82, 2.24) is 0 Å². The maximum absolute atomic E-state index is 11.7. The molecule has 0 aromatic heterocycles. The van der Waals surface area contributed by atoms with Crippen LogP contribution < -0.4 is 0 Å². The fourth-order valence-corrected chi connectivity index (χ4v) is 3.84. The van der Waals surface area contributed by atoms with Gasteiger partial charge in [-0.25, -0.2) is 4.57 Å². The Labute approximate surface area is 163 Å². The first kappa shape index (κ1) is 26.1. The van der Waals surface area contributed by atoms with E-state index in [2.05, 4.69) is 13.8 Å². The van der Waals surface area contributed by atoms with E-state index in [1.54, 1.807) is 0 Å². The molecule has 0 aliphatic rings. The van der Waals surface area contributed by atoms with E-state index in [4.69, 9.17) is 9.05 Å². The van der Waals surface area contributed by atoms with Crippen molar-refractivity contribution >= 4 is 7.82 Å². The highest BCUT2D eigenvalue weighted by Crippen LogP contribution is 2.43. The molecular formula is C21H45O4P. The monoisotopic (exact) mass is 392 g/mol. The minimum atomic E-state index is -3.83. The first-order valence-electron chi connectivity index (χ1n) is 11.2. The van der Waals surface area contributed by atoms with Crippen LogP contribution in [0.1, 0.15) is 123 Å².